The molecule has 2 rings (SSSR count). The fourth-order valence-electron chi connectivity index (χ4n) is 2.24. The normalized spacial score (nSPS) is 19.3. The monoisotopic (exact) mass is 301 g/mol. The molecule has 0 radical (unpaired) electrons. The average molecular weight is 302 g/mol. The van der Waals surface area contributed by atoms with Gasteiger partial charge < -0.3 is 9.64 Å². The average Bonchev–Trinajstić information content (AvgIpc) is 2.77. The molecule has 1 aliphatic heterocycles. The second-order valence-corrected chi connectivity index (χ2v) is 5.93. The van der Waals surface area contributed by atoms with Crippen LogP contribution in [0.5, 0.6) is 0 Å². The Morgan fingerprint density at radius 3 is 2.84 bits per heavy atom. The van der Waals surface area contributed by atoms with Crippen molar-refractivity contribution in [2.75, 3.05) is 20.2 Å². The van der Waals surface area contributed by atoms with E-state index in [-0.39, 0.29) is 17.8 Å². The number of thiophene rings is 1. The number of methoxy groups -OCH3 is 1. The molecule has 1 atom stereocenters. The lowest BCUT2D eigenvalue weighted by Crippen LogP contribution is -2.42. The van der Waals surface area contributed by atoms with E-state index in [1.165, 1.54) is 18.4 Å². The molecule has 0 aromatic carbocycles. The summed E-state index contributed by atoms with van der Waals surface area (Å²) in [5.41, 5.74) is 0.913. The van der Waals surface area contributed by atoms with Gasteiger partial charge in [-0.15, -0.1) is 11.3 Å². The Balaban J connectivity index is 2.11. The van der Waals surface area contributed by atoms with Crippen molar-refractivity contribution < 1.29 is 14.3 Å². The maximum Gasteiger partial charge on any atom is 0.310 e. The largest absolute Gasteiger partial charge is 0.469 e. The maximum absolute atomic E-state index is 12.4. The van der Waals surface area contributed by atoms with Crippen LogP contribution in [0.2, 0.25) is 5.02 Å². The summed E-state index contributed by atoms with van der Waals surface area (Å²) in [6.07, 6.45) is 1.58. The van der Waals surface area contributed by atoms with Gasteiger partial charge in [0, 0.05) is 13.1 Å². The fourth-order valence-corrected chi connectivity index (χ4v) is 3.48. The first-order valence-corrected chi connectivity index (χ1v) is 7.41. The summed E-state index contributed by atoms with van der Waals surface area (Å²) in [5.74, 6) is -0.551. The number of hydrogen-bond donors (Lipinski definition) is 0. The van der Waals surface area contributed by atoms with Gasteiger partial charge in [-0.3, -0.25) is 9.59 Å². The van der Waals surface area contributed by atoms with Gasteiger partial charge in [-0.1, -0.05) is 11.6 Å². The van der Waals surface area contributed by atoms with Gasteiger partial charge in [0.1, 0.15) is 4.88 Å². The molecule has 104 valence electrons. The lowest BCUT2D eigenvalue weighted by Gasteiger charge is -2.31. The lowest BCUT2D eigenvalue weighted by molar-refractivity contribution is -0.146. The van der Waals surface area contributed by atoms with Gasteiger partial charge in [0.25, 0.3) is 5.91 Å². The molecule has 0 spiro atoms. The highest BCUT2D eigenvalue weighted by atomic mass is 35.5. The molecule has 1 aromatic heterocycles. The summed E-state index contributed by atoms with van der Waals surface area (Å²) in [7, 11) is 1.38. The molecule has 1 saturated heterocycles. The fraction of sp³-hybridized carbons (Fsp3) is 0.538. The van der Waals surface area contributed by atoms with Crippen molar-refractivity contribution in [3.8, 4) is 0 Å². The summed E-state index contributed by atoms with van der Waals surface area (Å²) >= 11 is 7.47. The minimum atomic E-state index is -0.244. The van der Waals surface area contributed by atoms with Crippen LogP contribution in [-0.2, 0) is 9.53 Å². The molecule has 0 N–H and O–H groups in total. The minimum absolute atomic E-state index is 0.0864. The molecule has 0 bridgehead atoms. The smallest absolute Gasteiger partial charge is 0.310 e. The van der Waals surface area contributed by atoms with Crippen molar-refractivity contribution in [2.24, 2.45) is 5.92 Å². The van der Waals surface area contributed by atoms with E-state index < -0.39 is 0 Å². The third-order valence-corrected chi connectivity index (χ3v) is 5.02. The van der Waals surface area contributed by atoms with E-state index in [1.807, 2.05) is 12.3 Å². The highest BCUT2D eigenvalue weighted by Crippen LogP contribution is 2.29. The lowest BCUT2D eigenvalue weighted by atomic mass is 9.98. The number of halogens is 1. The summed E-state index contributed by atoms with van der Waals surface area (Å²) in [5, 5.41) is 2.40. The molecule has 4 nitrogen and oxygen atoms in total. The van der Waals surface area contributed by atoms with Crippen molar-refractivity contribution in [1.29, 1.82) is 0 Å². The Morgan fingerprint density at radius 2 is 2.26 bits per heavy atom. The number of amides is 1. The molecule has 0 unspecified atom stereocenters. The summed E-state index contributed by atoms with van der Waals surface area (Å²) in [6.45, 7) is 2.96. The van der Waals surface area contributed by atoms with E-state index in [1.54, 1.807) is 4.90 Å². The molecule has 19 heavy (non-hydrogen) atoms. The molecule has 1 aliphatic rings. The molecular weight excluding hydrogens is 286 g/mol. The SMILES string of the molecule is COC(=O)[C@H]1CCCN(C(=O)c2scc(C)c2Cl)C1. The van der Waals surface area contributed by atoms with Crippen LogP contribution in [0.15, 0.2) is 5.38 Å². The van der Waals surface area contributed by atoms with Crippen LogP contribution >= 0.6 is 22.9 Å². The number of nitrogens with zero attached hydrogens (tertiary/aromatic N) is 1. The molecule has 1 aromatic rings. The number of carbonyl (C=O) groups is 2. The van der Waals surface area contributed by atoms with Crippen LogP contribution in [0.1, 0.15) is 28.1 Å². The first-order valence-electron chi connectivity index (χ1n) is 6.15. The van der Waals surface area contributed by atoms with E-state index in [4.69, 9.17) is 16.3 Å². The van der Waals surface area contributed by atoms with E-state index in [2.05, 4.69) is 0 Å². The Kier molecular flexibility index (Phi) is 4.47. The van der Waals surface area contributed by atoms with E-state index >= 15 is 0 Å². The van der Waals surface area contributed by atoms with Crippen molar-refractivity contribution in [3.63, 3.8) is 0 Å². The second kappa shape index (κ2) is 5.92. The highest BCUT2D eigenvalue weighted by Gasteiger charge is 2.30. The van der Waals surface area contributed by atoms with Crippen molar-refractivity contribution in [2.45, 2.75) is 19.8 Å². The number of rotatable bonds is 2. The quantitative estimate of drug-likeness (QED) is 0.789. The first-order chi connectivity index (χ1) is 9.04. The minimum Gasteiger partial charge on any atom is -0.469 e. The Morgan fingerprint density at radius 1 is 1.53 bits per heavy atom. The van der Waals surface area contributed by atoms with E-state index in [0.29, 0.717) is 23.0 Å². The molecule has 0 aliphatic carbocycles. The van der Waals surface area contributed by atoms with Gasteiger partial charge in [-0.05, 0) is 30.7 Å². The summed E-state index contributed by atoms with van der Waals surface area (Å²) in [6, 6.07) is 0. The number of aryl methyl sites for hydroxylation is 1. The van der Waals surface area contributed by atoms with Crippen molar-refractivity contribution in [3.05, 3.63) is 20.8 Å². The number of ether oxygens (including phenoxy) is 1. The van der Waals surface area contributed by atoms with E-state index in [9.17, 15) is 9.59 Å². The third kappa shape index (κ3) is 2.92. The van der Waals surface area contributed by atoms with Gasteiger partial charge in [0.2, 0.25) is 0 Å². The van der Waals surface area contributed by atoms with Crippen LogP contribution in [0.4, 0.5) is 0 Å². The number of carbonyl (C=O) groups excluding carboxylic acids is 2. The molecule has 6 heteroatoms. The Labute approximate surface area is 121 Å². The Hall–Kier alpha value is -1.07. The van der Waals surface area contributed by atoms with E-state index in [0.717, 1.165) is 18.4 Å². The van der Waals surface area contributed by atoms with Crippen LogP contribution in [-0.4, -0.2) is 37.0 Å². The zero-order chi connectivity index (χ0) is 14.0. The molecule has 2 heterocycles. The van der Waals surface area contributed by atoms with Gasteiger partial charge in [-0.25, -0.2) is 0 Å². The van der Waals surface area contributed by atoms with Crippen LogP contribution < -0.4 is 0 Å². The van der Waals surface area contributed by atoms with Gasteiger partial charge in [0.15, 0.2) is 0 Å². The molecule has 1 amide bonds. The zero-order valence-electron chi connectivity index (χ0n) is 10.9. The van der Waals surface area contributed by atoms with Crippen molar-refractivity contribution in [1.82, 2.24) is 4.90 Å². The number of esters is 1. The predicted molar refractivity (Wildman–Crippen MR) is 74.7 cm³/mol. The number of likely N-dealkylation sites (tertiary alicyclic amines) is 1. The van der Waals surface area contributed by atoms with Gasteiger partial charge in [-0.2, -0.15) is 0 Å². The second-order valence-electron chi connectivity index (χ2n) is 4.68. The van der Waals surface area contributed by atoms with Crippen LogP contribution in [0.25, 0.3) is 0 Å². The van der Waals surface area contributed by atoms with Crippen molar-refractivity contribution >= 4 is 34.8 Å². The topological polar surface area (TPSA) is 46.6 Å². The Bertz CT molecular complexity index is 500. The molecule has 0 saturated carbocycles. The molecule has 1 fully saturated rings. The van der Waals surface area contributed by atoms with Gasteiger partial charge in [0.05, 0.1) is 18.1 Å². The van der Waals surface area contributed by atoms with Gasteiger partial charge >= 0.3 is 5.97 Å². The van der Waals surface area contributed by atoms with Crippen LogP contribution in [0, 0.1) is 12.8 Å². The zero-order valence-corrected chi connectivity index (χ0v) is 12.5. The van der Waals surface area contributed by atoms with Crippen LogP contribution in [0.3, 0.4) is 0 Å². The number of piperidine rings is 1. The third-order valence-electron chi connectivity index (χ3n) is 3.34. The number of hydrogen-bond acceptors (Lipinski definition) is 4. The maximum atomic E-state index is 12.4. The highest BCUT2D eigenvalue weighted by molar-refractivity contribution is 7.13. The summed E-state index contributed by atoms with van der Waals surface area (Å²) < 4.78 is 4.75. The predicted octanol–water partition coefficient (Wildman–Crippen LogP) is 2.74. The summed E-state index contributed by atoms with van der Waals surface area (Å²) in [4.78, 5) is 26.2. The standard InChI is InChI=1S/C13H16ClNO3S/c1-8-7-19-11(10(8)14)12(16)15-5-3-4-9(6-15)13(17)18-2/h7,9H,3-6H2,1-2H3/t9-/m0/s1. The molecular formula is C13H16ClNO3S. The first kappa shape index (κ1) is 14.3.